The van der Waals surface area contributed by atoms with Crippen LogP contribution in [-0.2, 0) is 30.3 Å². The molecule has 0 heterocycles. The number of hydrogen-bond donors (Lipinski definition) is 2. The fourth-order valence-electron chi connectivity index (χ4n) is 4.07. The molecule has 3 atom stereocenters. The average Bonchev–Trinajstić information content (AvgIpc) is 2.85. The number of ether oxygens (including phenoxy) is 4. The van der Waals surface area contributed by atoms with Crippen LogP contribution >= 0.6 is 0 Å². The summed E-state index contributed by atoms with van der Waals surface area (Å²) in [6, 6.07) is 4.42. The monoisotopic (exact) mass is 535 g/mol. The van der Waals surface area contributed by atoms with E-state index in [0.29, 0.717) is 5.56 Å². The number of nitrogens with two attached hydrogens (primary N) is 1. The molecule has 38 heavy (non-hydrogen) atoms. The largest absolute Gasteiger partial charge is 0.508 e. The van der Waals surface area contributed by atoms with Crippen LogP contribution in [0.25, 0.3) is 0 Å². The third-order valence-corrected chi connectivity index (χ3v) is 6.88. The van der Waals surface area contributed by atoms with Crippen molar-refractivity contribution in [1.29, 1.82) is 0 Å². The van der Waals surface area contributed by atoms with Crippen LogP contribution in [0.5, 0.6) is 11.5 Å². The minimum atomic E-state index is -1.85. The SMILES string of the molecule is CC(C)C(=O)Oc1ccc(C[C@](N)(C(=O)O)[C@H](C)[C@H](C)OC(=O)OC2CCCCC2)cc1OC(=O)C(C)C. The van der Waals surface area contributed by atoms with Crippen LogP contribution in [0.4, 0.5) is 4.79 Å². The van der Waals surface area contributed by atoms with Crippen LogP contribution in [0.1, 0.15) is 79.2 Å². The molecule has 0 radical (unpaired) electrons. The number of carbonyl (C=O) groups excluding carboxylic acids is 3. The first kappa shape index (κ1) is 31.1. The van der Waals surface area contributed by atoms with E-state index in [1.165, 1.54) is 12.1 Å². The van der Waals surface area contributed by atoms with Crippen molar-refractivity contribution in [2.75, 3.05) is 0 Å². The Bertz CT molecular complexity index is 1000. The normalized spacial score (nSPS) is 17.3. The van der Waals surface area contributed by atoms with E-state index in [4.69, 9.17) is 24.7 Å². The zero-order valence-electron chi connectivity index (χ0n) is 23.2. The van der Waals surface area contributed by atoms with Crippen LogP contribution in [0.3, 0.4) is 0 Å². The van der Waals surface area contributed by atoms with Crippen molar-refractivity contribution in [1.82, 2.24) is 0 Å². The fraction of sp³-hybridized carbons (Fsp3) is 0.643. The van der Waals surface area contributed by atoms with Gasteiger partial charge < -0.3 is 29.8 Å². The van der Waals surface area contributed by atoms with Crippen molar-refractivity contribution in [3.05, 3.63) is 23.8 Å². The van der Waals surface area contributed by atoms with E-state index in [2.05, 4.69) is 0 Å². The summed E-state index contributed by atoms with van der Waals surface area (Å²) >= 11 is 0. The molecule has 0 bridgehead atoms. The Labute approximate surface area is 224 Å². The average molecular weight is 536 g/mol. The second-order valence-corrected chi connectivity index (χ2v) is 10.7. The van der Waals surface area contributed by atoms with Crippen molar-refractivity contribution >= 4 is 24.1 Å². The highest BCUT2D eigenvalue weighted by Gasteiger charge is 2.44. The van der Waals surface area contributed by atoms with Gasteiger partial charge in [-0.05, 0) is 50.3 Å². The molecule has 1 saturated carbocycles. The summed E-state index contributed by atoms with van der Waals surface area (Å²) in [6.07, 6.45) is 2.55. The van der Waals surface area contributed by atoms with Gasteiger partial charge in [0.1, 0.15) is 17.7 Å². The molecule has 0 aliphatic heterocycles. The van der Waals surface area contributed by atoms with Gasteiger partial charge in [-0.2, -0.15) is 0 Å². The van der Waals surface area contributed by atoms with Gasteiger partial charge in [-0.1, -0.05) is 47.1 Å². The van der Waals surface area contributed by atoms with Crippen LogP contribution in [0, 0.1) is 17.8 Å². The van der Waals surface area contributed by atoms with Crippen molar-refractivity contribution < 1.29 is 43.2 Å². The van der Waals surface area contributed by atoms with Gasteiger partial charge in [0.15, 0.2) is 11.5 Å². The predicted octanol–water partition coefficient (Wildman–Crippen LogP) is 4.64. The molecule has 1 aromatic rings. The van der Waals surface area contributed by atoms with Gasteiger partial charge in [0, 0.05) is 12.3 Å². The highest BCUT2D eigenvalue weighted by Crippen LogP contribution is 2.33. The van der Waals surface area contributed by atoms with Gasteiger partial charge >= 0.3 is 24.1 Å². The van der Waals surface area contributed by atoms with Crippen molar-refractivity contribution in [3.63, 3.8) is 0 Å². The molecule has 10 nitrogen and oxygen atoms in total. The number of hydrogen-bond acceptors (Lipinski definition) is 9. The molecular formula is C28H41NO9. The van der Waals surface area contributed by atoms with E-state index in [-0.39, 0.29) is 24.0 Å². The van der Waals surface area contributed by atoms with Crippen LogP contribution in [0.15, 0.2) is 18.2 Å². The minimum Gasteiger partial charge on any atom is -0.480 e. The second kappa shape index (κ2) is 13.6. The van der Waals surface area contributed by atoms with Crippen molar-refractivity contribution in [2.24, 2.45) is 23.5 Å². The third kappa shape index (κ3) is 8.44. The maximum Gasteiger partial charge on any atom is 0.508 e. The standard InChI is InChI=1S/C28H41NO9/c1-16(2)24(30)37-22-13-12-20(14-23(22)38-25(31)17(3)4)15-28(29,26(32)33)18(5)19(6)35-27(34)36-21-10-8-7-9-11-21/h12-14,16-19,21H,7-11,15,29H2,1-6H3,(H,32,33)/t18-,19+,28-/m1/s1. The third-order valence-electron chi connectivity index (χ3n) is 6.88. The lowest BCUT2D eigenvalue weighted by atomic mass is 9.78. The van der Waals surface area contributed by atoms with E-state index in [1.807, 2.05) is 0 Å². The Hall–Kier alpha value is -3.14. The summed E-state index contributed by atoms with van der Waals surface area (Å²) in [5.74, 6) is -4.03. The van der Waals surface area contributed by atoms with Crippen LogP contribution < -0.4 is 15.2 Å². The zero-order valence-corrected chi connectivity index (χ0v) is 23.2. The number of carbonyl (C=O) groups is 4. The number of aliphatic carboxylic acids is 1. The molecular weight excluding hydrogens is 494 g/mol. The molecule has 0 aromatic heterocycles. The molecule has 2 rings (SSSR count). The van der Waals surface area contributed by atoms with E-state index in [9.17, 15) is 24.3 Å². The minimum absolute atomic E-state index is 0.0176. The van der Waals surface area contributed by atoms with E-state index in [0.717, 1.165) is 32.1 Å². The van der Waals surface area contributed by atoms with Gasteiger partial charge in [-0.3, -0.25) is 14.4 Å². The molecule has 1 fully saturated rings. The first-order valence-corrected chi connectivity index (χ1v) is 13.2. The lowest BCUT2D eigenvalue weighted by Gasteiger charge is -2.35. The van der Waals surface area contributed by atoms with E-state index < -0.39 is 53.5 Å². The van der Waals surface area contributed by atoms with Crippen LogP contribution in [-0.4, -0.2) is 46.9 Å². The van der Waals surface area contributed by atoms with Crippen LogP contribution in [0.2, 0.25) is 0 Å². The second-order valence-electron chi connectivity index (χ2n) is 10.7. The summed E-state index contributed by atoms with van der Waals surface area (Å²) in [4.78, 5) is 49.1. The zero-order chi connectivity index (χ0) is 28.6. The maximum atomic E-state index is 12.4. The van der Waals surface area contributed by atoms with E-state index >= 15 is 0 Å². The quantitative estimate of drug-likeness (QED) is 0.303. The highest BCUT2D eigenvalue weighted by atomic mass is 16.7. The summed E-state index contributed by atoms with van der Waals surface area (Å²) in [6.45, 7) is 9.81. The molecule has 1 aromatic carbocycles. The Morgan fingerprint density at radius 1 is 0.921 bits per heavy atom. The lowest BCUT2D eigenvalue weighted by molar-refractivity contribution is -0.147. The highest BCUT2D eigenvalue weighted by molar-refractivity contribution is 5.80. The summed E-state index contributed by atoms with van der Waals surface area (Å²) < 4.78 is 21.6. The number of benzene rings is 1. The number of carboxylic acids is 1. The molecule has 0 amide bonds. The number of rotatable bonds is 11. The molecule has 0 spiro atoms. The van der Waals surface area contributed by atoms with Gasteiger partial charge in [-0.15, -0.1) is 0 Å². The topological polar surface area (TPSA) is 151 Å². The Morgan fingerprint density at radius 2 is 1.47 bits per heavy atom. The van der Waals surface area contributed by atoms with Gasteiger partial charge in [0.2, 0.25) is 0 Å². The molecule has 1 aliphatic rings. The lowest BCUT2D eigenvalue weighted by Crippen LogP contribution is -2.58. The first-order chi connectivity index (χ1) is 17.7. The molecule has 212 valence electrons. The van der Waals surface area contributed by atoms with Crippen molar-refractivity contribution in [3.8, 4) is 11.5 Å². The summed E-state index contributed by atoms with van der Waals surface area (Å²) in [5.41, 5.74) is 4.99. The summed E-state index contributed by atoms with van der Waals surface area (Å²) in [5, 5.41) is 10.1. The van der Waals surface area contributed by atoms with E-state index in [1.54, 1.807) is 47.6 Å². The molecule has 1 aliphatic carbocycles. The van der Waals surface area contributed by atoms with Gasteiger partial charge in [-0.25, -0.2) is 4.79 Å². The Balaban J connectivity index is 2.24. The number of esters is 2. The fourth-order valence-corrected chi connectivity index (χ4v) is 4.07. The van der Waals surface area contributed by atoms with Crippen molar-refractivity contribution in [2.45, 2.75) is 97.8 Å². The molecule has 0 saturated heterocycles. The number of carboxylic acid groups (broad SMARTS) is 1. The molecule has 10 heteroatoms. The predicted molar refractivity (Wildman–Crippen MR) is 139 cm³/mol. The Kier molecular flexibility index (Phi) is 11.1. The maximum absolute atomic E-state index is 12.4. The first-order valence-electron chi connectivity index (χ1n) is 13.2. The smallest absolute Gasteiger partial charge is 0.480 e. The Morgan fingerprint density at radius 3 is 2.00 bits per heavy atom. The summed E-state index contributed by atoms with van der Waals surface area (Å²) in [7, 11) is 0. The van der Waals surface area contributed by atoms with Gasteiger partial charge in [0.25, 0.3) is 0 Å². The molecule has 3 N–H and O–H groups in total. The van der Waals surface area contributed by atoms with Gasteiger partial charge in [0.05, 0.1) is 11.8 Å². The molecule has 0 unspecified atom stereocenters.